The SMILES string of the molecule is C=CCN(CC1OC(C)C(C)O1)C(=O)C(Cl)Cl. The number of carbonyl (C=O) groups excluding carboxylic acids is 1. The largest absolute Gasteiger partial charge is 0.345 e. The standard InChI is InChI=1S/C11H17Cl2NO3/c1-4-5-14(11(15)10(12)13)6-9-16-7(2)8(3)17-9/h4,7-10H,1,5-6H2,2-3H3. The highest BCUT2D eigenvalue weighted by Crippen LogP contribution is 2.20. The number of carbonyl (C=O) groups is 1. The van der Waals surface area contributed by atoms with E-state index < -0.39 is 11.1 Å². The van der Waals surface area contributed by atoms with Gasteiger partial charge in [-0.25, -0.2) is 0 Å². The van der Waals surface area contributed by atoms with Gasteiger partial charge in [0.05, 0.1) is 18.8 Å². The summed E-state index contributed by atoms with van der Waals surface area (Å²) in [6, 6.07) is 0. The summed E-state index contributed by atoms with van der Waals surface area (Å²) in [6.07, 6.45) is 1.21. The van der Waals surface area contributed by atoms with Crippen LogP contribution in [-0.2, 0) is 14.3 Å². The van der Waals surface area contributed by atoms with E-state index in [9.17, 15) is 4.79 Å². The van der Waals surface area contributed by atoms with Gasteiger partial charge in [0.1, 0.15) is 0 Å². The second-order valence-corrected chi connectivity index (χ2v) is 5.04. The van der Waals surface area contributed by atoms with Gasteiger partial charge in [0, 0.05) is 6.54 Å². The van der Waals surface area contributed by atoms with Crippen molar-refractivity contribution in [1.82, 2.24) is 4.90 Å². The van der Waals surface area contributed by atoms with E-state index in [1.165, 1.54) is 4.90 Å². The van der Waals surface area contributed by atoms with Crippen molar-refractivity contribution >= 4 is 29.1 Å². The maximum Gasteiger partial charge on any atom is 0.256 e. The van der Waals surface area contributed by atoms with E-state index in [-0.39, 0.29) is 18.1 Å². The van der Waals surface area contributed by atoms with E-state index in [0.29, 0.717) is 13.1 Å². The normalized spacial score (nSPS) is 28.4. The van der Waals surface area contributed by atoms with Crippen LogP contribution < -0.4 is 0 Å². The monoisotopic (exact) mass is 281 g/mol. The molecule has 0 aromatic heterocycles. The summed E-state index contributed by atoms with van der Waals surface area (Å²) in [5.41, 5.74) is 0. The van der Waals surface area contributed by atoms with Crippen LogP contribution in [0.4, 0.5) is 0 Å². The fourth-order valence-corrected chi connectivity index (χ4v) is 1.82. The summed E-state index contributed by atoms with van der Waals surface area (Å²) in [5.74, 6) is -0.368. The first-order valence-corrected chi connectivity index (χ1v) is 6.31. The van der Waals surface area contributed by atoms with Gasteiger partial charge in [-0.3, -0.25) is 4.79 Å². The zero-order valence-electron chi connectivity index (χ0n) is 9.94. The highest BCUT2D eigenvalue weighted by Gasteiger charge is 2.32. The van der Waals surface area contributed by atoms with Crippen LogP contribution in [0.2, 0.25) is 0 Å². The van der Waals surface area contributed by atoms with Gasteiger partial charge < -0.3 is 14.4 Å². The summed E-state index contributed by atoms with van der Waals surface area (Å²) in [6.45, 7) is 8.10. The van der Waals surface area contributed by atoms with E-state index in [0.717, 1.165) is 0 Å². The molecular formula is C11H17Cl2NO3. The quantitative estimate of drug-likeness (QED) is 0.571. The van der Waals surface area contributed by atoms with Gasteiger partial charge in [0.25, 0.3) is 5.91 Å². The summed E-state index contributed by atoms with van der Waals surface area (Å²) in [7, 11) is 0. The number of alkyl halides is 2. The molecule has 1 aliphatic heterocycles. The third-order valence-corrected chi connectivity index (χ3v) is 2.98. The molecule has 6 heteroatoms. The number of halogens is 2. The van der Waals surface area contributed by atoms with Crippen molar-refractivity contribution in [3.63, 3.8) is 0 Å². The van der Waals surface area contributed by atoms with E-state index >= 15 is 0 Å². The molecule has 2 unspecified atom stereocenters. The molecule has 98 valence electrons. The second kappa shape index (κ2) is 6.59. The Morgan fingerprint density at radius 1 is 1.41 bits per heavy atom. The Morgan fingerprint density at radius 2 is 1.94 bits per heavy atom. The molecule has 0 aliphatic carbocycles. The van der Waals surface area contributed by atoms with Crippen LogP contribution in [0.25, 0.3) is 0 Å². The van der Waals surface area contributed by atoms with Crippen molar-refractivity contribution in [3.8, 4) is 0 Å². The molecule has 0 bridgehead atoms. The molecule has 1 aliphatic rings. The molecule has 0 aromatic carbocycles. The minimum Gasteiger partial charge on any atom is -0.345 e. The molecule has 1 heterocycles. The van der Waals surface area contributed by atoms with Gasteiger partial charge in [0.2, 0.25) is 0 Å². The first-order valence-electron chi connectivity index (χ1n) is 5.44. The van der Waals surface area contributed by atoms with Crippen LogP contribution in [0.5, 0.6) is 0 Å². The minimum absolute atomic E-state index is 0.0171. The second-order valence-electron chi connectivity index (χ2n) is 3.94. The third kappa shape index (κ3) is 4.14. The van der Waals surface area contributed by atoms with Crippen LogP contribution in [-0.4, -0.2) is 47.2 Å². The number of ether oxygens (including phenoxy) is 2. The topological polar surface area (TPSA) is 38.8 Å². The molecule has 0 saturated carbocycles. The van der Waals surface area contributed by atoms with Gasteiger partial charge in [-0.2, -0.15) is 0 Å². The lowest BCUT2D eigenvalue weighted by atomic mass is 10.3. The smallest absolute Gasteiger partial charge is 0.256 e. The van der Waals surface area contributed by atoms with Crippen molar-refractivity contribution in [2.45, 2.75) is 37.2 Å². The summed E-state index contributed by atoms with van der Waals surface area (Å²) >= 11 is 11.1. The number of amides is 1. The minimum atomic E-state index is -1.08. The van der Waals surface area contributed by atoms with Gasteiger partial charge in [0.15, 0.2) is 11.1 Å². The van der Waals surface area contributed by atoms with Crippen LogP contribution in [0, 0.1) is 0 Å². The predicted octanol–water partition coefficient (Wildman–Crippen LogP) is 1.95. The molecule has 0 radical (unpaired) electrons. The Balaban J connectivity index is 2.55. The molecule has 1 rings (SSSR count). The molecule has 4 nitrogen and oxygen atoms in total. The molecule has 1 saturated heterocycles. The highest BCUT2D eigenvalue weighted by atomic mass is 35.5. The number of hydrogen-bond acceptors (Lipinski definition) is 3. The Morgan fingerprint density at radius 3 is 2.35 bits per heavy atom. The Hall–Kier alpha value is -0.290. The highest BCUT2D eigenvalue weighted by molar-refractivity contribution is 6.53. The van der Waals surface area contributed by atoms with Gasteiger partial charge in [-0.05, 0) is 13.8 Å². The summed E-state index contributed by atoms with van der Waals surface area (Å²) in [4.78, 5) is 12.1. The average Bonchev–Trinajstić information content (AvgIpc) is 2.56. The lowest BCUT2D eigenvalue weighted by molar-refractivity contribution is -0.136. The van der Waals surface area contributed by atoms with Crippen molar-refractivity contribution in [2.24, 2.45) is 0 Å². The maximum atomic E-state index is 11.7. The number of nitrogens with zero attached hydrogens (tertiary/aromatic N) is 1. The van der Waals surface area contributed by atoms with Crippen LogP contribution in [0.3, 0.4) is 0 Å². The molecule has 0 aromatic rings. The van der Waals surface area contributed by atoms with Crippen molar-refractivity contribution < 1.29 is 14.3 Å². The summed E-state index contributed by atoms with van der Waals surface area (Å²) < 4.78 is 11.1. The Labute approximate surface area is 111 Å². The lowest BCUT2D eigenvalue weighted by Crippen LogP contribution is -2.40. The fraction of sp³-hybridized carbons (Fsp3) is 0.727. The van der Waals surface area contributed by atoms with Crippen molar-refractivity contribution in [3.05, 3.63) is 12.7 Å². The van der Waals surface area contributed by atoms with Crippen molar-refractivity contribution in [1.29, 1.82) is 0 Å². The predicted molar refractivity (Wildman–Crippen MR) is 67.2 cm³/mol. The fourth-order valence-electron chi connectivity index (χ4n) is 1.55. The zero-order valence-corrected chi connectivity index (χ0v) is 11.4. The molecule has 1 amide bonds. The first-order chi connectivity index (χ1) is 7.95. The van der Waals surface area contributed by atoms with Crippen LogP contribution in [0.15, 0.2) is 12.7 Å². The lowest BCUT2D eigenvalue weighted by Gasteiger charge is -2.24. The molecule has 17 heavy (non-hydrogen) atoms. The van der Waals surface area contributed by atoms with Gasteiger partial charge in [-0.1, -0.05) is 29.3 Å². The zero-order chi connectivity index (χ0) is 13.0. The van der Waals surface area contributed by atoms with E-state index in [1.54, 1.807) is 6.08 Å². The molecule has 2 atom stereocenters. The molecule has 0 spiro atoms. The molecule has 0 N–H and O–H groups in total. The molecule has 1 fully saturated rings. The van der Waals surface area contributed by atoms with Crippen LogP contribution in [0.1, 0.15) is 13.8 Å². The summed E-state index contributed by atoms with van der Waals surface area (Å²) in [5, 5.41) is 0. The number of rotatable bonds is 5. The number of hydrogen-bond donors (Lipinski definition) is 0. The van der Waals surface area contributed by atoms with Gasteiger partial charge >= 0.3 is 0 Å². The maximum absolute atomic E-state index is 11.7. The Bertz CT molecular complexity index is 276. The van der Waals surface area contributed by atoms with Gasteiger partial charge in [-0.15, -0.1) is 6.58 Å². The first kappa shape index (κ1) is 14.8. The van der Waals surface area contributed by atoms with Crippen LogP contribution >= 0.6 is 23.2 Å². The van der Waals surface area contributed by atoms with E-state index in [2.05, 4.69) is 6.58 Å². The van der Waals surface area contributed by atoms with E-state index in [1.807, 2.05) is 13.8 Å². The van der Waals surface area contributed by atoms with E-state index in [4.69, 9.17) is 32.7 Å². The Kier molecular flexibility index (Phi) is 5.73. The molecular weight excluding hydrogens is 265 g/mol. The third-order valence-electron chi connectivity index (χ3n) is 2.61. The average molecular weight is 282 g/mol. The van der Waals surface area contributed by atoms with Crippen molar-refractivity contribution in [2.75, 3.05) is 13.1 Å².